The summed E-state index contributed by atoms with van der Waals surface area (Å²) < 4.78 is 0. The first-order chi connectivity index (χ1) is 10.2. The Balaban J connectivity index is 0.00000176. The highest BCUT2D eigenvalue weighted by Crippen LogP contribution is 2.31. The summed E-state index contributed by atoms with van der Waals surface area (Å²) >= 11 is 0. The molecule has 0 saturated heterocycles. The van der Waals surface area contributed by atoms with Gasteiger partial charge >= 0.3 is 0 Å². The maximum atomic E-state index is 5.94. The number of halogens is 1. The number of para-hydroxylation sites is 1. The molecule has 22 heavy (non-hydrogen) atoms. The summed E-state index contributed by atoms with van der Waals surface area (Å²) in [5, 5.41) is 3.25. The van der Waals surface area contributed by atoms with E-state index in [1.54, 1.807) is 0 Å². The van der Waals surface area contributed by atoms with Crippen LogP contribution in [-0.4, -0.2) is 31.6 Å². The molecular weight excluding hydrogens is 387 g/mol. The van der Waals surface area contributed by atoms with Crippen molar-refractivity contribution in [3.63, 3.8) is 0 Å². The van der Waals surface area contributed by atoms with Crippen molar-refractivity contribution in [2.75, 3.05) is 24.5 Å². The Labute approximate surface area is 150 Å². The van der Waals surface area contributed by atoms with Gasteiger partial charge in [-0.3, -0.25) is 4.99 Å². The fourth-order valence-corrected chi connectivity index (χ4v) is 3.23. The molecule has 0 spiro atoms. The molecule has 1 fully saturated rings. The number of nitrogens with two attached hydrogens (primary N) is 1. The average Bonchev–Trinajstić information content (AvgIpc) is 2.73. The zero-order valence-electron chi connectivity index (χ0n) is 13.3. The van der Waals surface area contributed by atoms with Crippen molar-refractivity contribution in [3.05, 3.63) is 29.8 Å². The van der Waals surface area contributed by atoms with Gasteiger partial charge in [0.05, 0.1) is 0 Å². The minimum atomic E-state index is 0. The van der Waals surface area contributed by atoms with Crippen LogP contribution in [-0.2, 0) is 6.42 Å². The normalized spacial score (nSPS) is 21.0. The Morgan fingerprint density at radius 1 is 1.36 bits per heavy atom. The predicted octanol–water partition coefficient (Wildman–Crippen LogP) is 2.76. The van der Waals surface area contributed by atoms with E-state index >= 15 is 0 Å². The number of benzene rings is 1. The maximum Gasteiger partial charge on any atom is 0.188 e. The molecule has 1 saturated carbocycles. The summed E-state index contributed by atoms with van der Waals surface area (Å²) in [6.07, 6.45) is 5.14. The van der Waals surface area contributed by atoms with E-state index < -0.39 is 0 Å². The molecule has 1 aromatic carbocycles. The van der Waals surface area contributed by atoms with E-state index in [4.69, 9.17) is 5.73 Å². The lowest BCUT2D eigenvalue weighted by Gasteiger charge is -2.25. The van der Waals surface area contributed by atoms with E-state index in [1.807, 2.05) is 0 Å². The Kier molecular flexibility index (Phi) is 6.35. The topological polar surface area (TPSA) is 53.6 Å². The van der Waals surface area contributed by atoms with Gasteiger partial charge in [0.15, 0.2) is 5.96 Å². The van der Waals surface area contributed by atoms with Crippen LogP contribution < -0.4 is 16.0 Å². The fourth-order valence-electron chi connectivity index (χ4n) is 3.23. The van der Waals surface area contributed by atoms with Gasteiger partial charge in [0.25, 0.3) is 0 Å². The minimum absolute atomic E-state index is 0. The molecule has 5 heteroatoms. The van der Waals surface area contributed by atoms with E-state index in [-0.39, 0.29) is 24.0 Å². The minimum Gasteiger partial charge on any atom is -0.370 e. The molecule has 1 atom stereocenters. The van der Waals surface area contributed by atoms with Crippen molar-refractivity contribution in [1.29, 1.82) is 0 Å². The Morgan fingerprint density at radius 2 is 2.14 bits per heavy atom. The number of hydrogen-bond donors (Lipinski definition) is 2. The largest absolute Gasteiger partial charge is 0.370 e. The highest BCUT2D eigenvalue weighted by Gasteiger charge is 2.24. The Morgan fingerprint density at radius 3 is 2.86 bits per heavy atom. The van der Waals surface area contributed by atoms with Crippen LogP contribution in [0.15, 0.2) is 29.3 Å². The first kappa shape index (κ1) is 17.4. The Bertz CT molecular complexity index is 513. The van der Waals surface area contributed by atoms with E-state index in [0.29, 0.717) is 12.0 Å². The van der Waals surface area contributed by atoms with E-state index in [1.165, 1.54) is 30.5 Å². The second-order valence-electron chi connectivity index (χ2n) is 6.32. The van der Waals surface area contributed by atoms with Crippen LogP contribution in [0.5, 0.6) is 0 Å². The molecule has 0 aromatic heterocycles. The van der Waals surface area contributed by atoms with Crippen LogP contribution in [0.2, 0.25) is 0 Å². The van der Waals surface area contributed by atoms with Gasteiger partial charge in [-0.2, -0.15) is 0 Å². The van der Waals surface area contributed by atoms with E-state index in [9.17, 15) is 0 Å². The summed E-state index contributed by atoms with van der Waals surface area (Å²) in [7, 11) is 0. The highest BCUT2D eigenvalue weighted by atomic mass is 127. The first-order valence-corrected chi connectivity index (χ1v) is 8.12. The summed E-state index contributed by atoms with van der Waals surface area (Å²) in [5.74, 6) is 1.37. The van der Waals surface area contributed by atoms with Gasteiger partial charge in [-0.25, -0.2) is 0 Å². The summed E-state index contributed by atoms with van der Waals surface area (Å²) in [4.78, 5) is 6.90. The third-order valence-electron chi connectivity index (χ3n) is 4.75. The van der Waals surface area contributed by atoms with Gasteiger partial charge in [0.1, 0.15) is 0 Å². The van der Waals surface area contributed by atoms with Crippen molar-refractivity contribution >= 4 is 35.6 Å². The molecule has 0 radical (unpaired) electrons. The van der Waals surface area contributed by atoms with Crippen LogP contribution >= 0.6 is 24.0 Å². The SMILES string of the molecule is CC1Cc2ccccc2N1CCNC(N)=NCC1CCC1.I. The number of anilines is 1. The highest BCUT2D eigenvalue weighted by molar-refractivity contribution is 14.0. The molecule has 4 nitrogen and oxygen atoms in total. The lowest BCUT2D eigenvalue weighted by Crippen LogP contribution is -2.40. The third kappa shape index (κ3) is 4.06. The molecule has 3 rings (SSSR count). The number of rotatable bonds is 5. The number of nitrogens with one attached hydrogen (secondary N) is 1. The van der Waals surface area contributed by atoms with Gasteiger partial charge in [-0.15, -0.1) is 24.0 Å². The van der Waals surface area contributed by atoms with Gasteiger partial charge in [-0.1, -0.05) is 24.6 Å². The summed E-state index contributed by atoms with van der Waals surface area (Å²) in [5.41, 5.74) is 8.76. The molecule has 122 valence electrons. The van der Waals surface area contributed by atoms with Crippen molar-refractivity contribution in [2.24, 2.45) is 16.6 Å². The molecule has 1 aromatic rings. The monoisotopic (exact) mass is 414 g/mol. The zero-order valence-corrected chi connectivity index (χ0v) is 15.6. The second-order valence-corrected chi connectivity index (χ2v) is 6.32. The van der Waals surface area contributed by atoms with Gasteiger partial charge in [0, 0.05) is 31.4 Å². The lowest BCUT2D eigenvalue weighted by molar-refractivity contribution is 0.326. The smallest absolute Gasteiger partial charge is 0.188 e. The fraction of sp³-hybridized carbons (Fsp3) is 0.588. The first-order valence-electron chi connectivity index (χ1n) is 8.12. The molecule has 1 heterocycles. The quantitative estimate of drug-likeness (QED) is 0.443. The summed E-state index contributed by atoms with van der Waals surface area (Å²) in [6.45, 7) is 4.99. The van der Waals surface area contributed by atoms with Crippen molar-refractivity contribution < 1.29 is 0 Å². The molecule has 1 aliphatic heterocycles. The molecular formula is C17H27IN4. The van der Waals surface area contributed by atoms with Crippen LogP contribution in [0.4, 0.5) is 5.69 Å². The molecule has 1 aliphatic carbocycles. The van der Waals surface area contributed by atoms with Gasteiger partial charge < -0.3 is 16.0 Å². The lowest BCUT2D eigenvalue weighted by atomic mass is 9.86. The van der Waals surface area contributed by atoms with Crippen LogP contribution in [0.25, 0.3) is 0 Å². The number of aliphatic imine (C=N–C) groups is 1. The Hall–Kier alpha value is -0.980. The molecule has 2 aliphatic rings. The van der Waals surface area contributed by atoms with Crippen molar-refractivity contribution in [1.82, 2.24) is 5.32 Å². The van der Waals surface area contributed by atoms with E-state index in [0.717, 1.165) is 32.0 Å². The summed E-state index contributed by atoms with van der Waals surface area (Å²) in [6, 6.07) is 9.25. The number of nitrogens with zero attached hydrogens (tertiary/aromatic N) is 2. The maximum absolute atomic E-state index is 5.94. The number of hydrogen-bond acceptors (Lipinski definition) is 2. The molecule has 0 bridgehead atoms. The van der Waals surface area contributed by atoms with E-state index in [2.05, 4.69) is 46.4 Å². The molecule has 1 unspecified atom stereocenters. The second kappa shape index (κ2) is 8.04. The molecule has 0 amide bonds. The zero-order chi connectivity index (χ0) is 14.7. The van der Waals surface area contributed by atoms with Crippen molar-refractivity contribution in [3.8, 4) is 0 Å². The number of fused-ring (bicyclic) bond motifs is 1. The third-order valence-corrected chi connectivity index (χ3v) is 4.75. The predicted molar refractivity (Wildman–Crippen MR) is 104 cm³/mol. The van der Waals surface area contributed by atoms with Gasteiger partial charge in [0.2, 0.25) is 0 Å². The number of guanidine groups is 1. The molecule has 3 N–H and O–H groups in total. The van der Waals surface area contributed by atoms with Crippen LogP contribution in [0.1, 0.15) is 31.7 Å². The van der Waals surface area contributed by atoms with Crippen LogP contribution in [0, 0.1) is 5.92 Å². The van der Waals surface area contributed by atoms with Crippen molar-refractivity contribution in [2.45, 2.75) is 38.6 Å². The van der Waals surface area contributed by atoms with Crippen LogP contribution in [0.3, 0.4) is 0 Å². The average molecular weight is 414 g/mol. The van der Waals surface area contributed by atoms with Gasteiger partial charge in [-0.05, 0) is 43.7 Å². The standard InChI is InChI=1S/C17H26N4.HI/c1-13-11-15-7-2-3-8-16(15)21(13)10-9-19-17(18)20-12-14-5-4-6-14;/h2-3,7-8,13-14H,4-6,9-12H2,1H3,(H3,18,19,20);1H.